The molecule has 0 bridgehead atoms. The highest BCUT2D eigenvalue weighted by molar-refractivity contribution is 4.83. The molecule has 1 saturated heterocycles. The van der Waals surface area contributed by atoms with Crippen LogP contribution < -0.4 is 5.32 Å². The molecule has 1 heteroatoms. The van der Waals surface area contributed by atoms with E-state index in [-0.39, 0.29) is 0 Å². The predicted molar refractivity (Wildman–Crippen MR) is 114 cm³/mol. The molecule has 1 heterocycles. The van der Waals surface area contributed by atoms with Crippen molar-refractivity contribution in [1.82, 2.24) is 5.32 Å². The van der Waals surface area contributed by atoms with Gasteiger partial charge in [0.15, 0.2) is 0 Å². The molecule has 0 aromatic carbocycles. The summed E-state index contributed by atoms with van der Waals surface area (Å²) in [6, 6.07) is 0. The topological polar surface area (TPSA) is 12.0 Å². The summed E-state index contributed by atoms with van der Waals surface area (Å²) in [6.07, 6.45) is 27.8. The molecule has 150 valence electrons. The average Bonchev–Trinajstić information content (AvgIpc) is 2.86. The van der Waals surface area contributed by atoms with Gasteiger partial charge < -0.3 is 5.32 Å². The summed E-state index contributed by atoms with van der Waals surface area (Å²) >= 11 is 0. The van der Waals surface area contributed by atoms with Crippen LogP contribution in [0, 0.1) is 5.41 Å². The SMILES string of the molecule is CCCCCCCCCC1(CCCCCCCCC)CCCNCC1. The van der Waals surface area contributed by atoms with Crippen LogP contribution in [0.2, 0.25) is 0 Å². The van der Waals surface area contributed by atoms with Gasteiger partial charge in [0, 0.05) is 0 Å². The molecule has 0 atom stereocenters. The lowest BCUT2D eigenvalue weighted by Crippen LogP contribution is -2.23. The Hall–Kier alpha value is -0.0400. The zero-order valence-electron chi connectivity index (χ0n) is 17.8. The van der Waals surface area contributed by atoms with E-state index in [1.54, 1.807) is 0 Å². The van der Waals surface area contributed by atoms with Crippen molar-refractivity contribution in [3.8, 4) is 0 Å². The highest BCUT2D eigenvalue weighted by Crippen LogP contribution is 2.40. The van der Waals surface area contributed by atoms with Crippen molar-refractivity contribution < 1.29 is 0 Å². The van der Waals surface area contributed by atoms with Gasteiger partial charge in [0.05, 0.1) is 0 Å². The normalized spacial score (nSPS) is 17.5. The summed E-state index contributed by atoms with van der Waals surface area (Å²) in [7, 11) is 0. The molecule has 1 rings (SSSR count). The van der Waals surface area contributed by atoms with Crippen LogP contribution in [-0.2, 0) is 0 Å². The van der Waals surface area contributed by atoms with Crippen LogP contribution in [0.5, 0.6) is 0 Å². The molecule has 0 amide bonds. The smallest absolute Gasteiger partial charge is 0.00436 e. The van der Waals surface area contributed by atoms with Gasteiger partial charge in [0.2, 0.25) is 0 Å². The molecule has 0 radical (unpaired) electrons. The number of unbranched alkanes of at least 4 members (excludes halogenated alkanes) is 12. The molecular formula is C24H49N. The zero-order chi connectivity index (χ0) is 18.1. The van der Waals surface area contributed by atoms with E-state index < -0.39 is 0 Å². The first-order chi connectivity index (χ1) is 12.3. The zero-order valence-corrected chi connectivity index (χ0v) is 17.8. The number of hydrogen-bond donors (Lipinski definition) is 1. The molecule has 1 N–H and O–H groups in total. The third-order valence-corrected chi connectivity index (χ3v) is 6.51. The van der Waals surface area contributed by atoms with Gasteiger partial charge in [-0.2, -0.15) is 0 Å². The molecule has 0 aliphatic carbocycles. The summed E-state index contributed by atoms with van der Waals surface area (Å²) in [5.74, 6) is 0. The molecule has 0 spiro atoms. The summed E-state index contributed by atoms with van der Waals surface area (Å²) in [6.45, 7) is 7.16. The maximum atomic E-state index is 3.65. The van der Waals surface area contributed by atoms with E-state index in [4.69, 9.17) is 0 Å². The van der Waals surface area contributed by atoms with E-state index in [9.17, 15) is 0 Å². The predicted octanol–water partition coefficient (Wildman–Crippen LogP) is 8.03. The van der Waals surface area contributed by atoms with Crippen molar-refractivity contribution in [2.75, 3.05) is 13.1 Å². The van der Waals surface area contributed by atoms with E-state index in [0.717, 1.165) is 0 Å². The molecule has 0 aromatic heterocycles. The molecule has 1 fully saturated rings. The fraction of sp³-hybridized carbons (Fsp3) is 1.00. The van der Waals surface area contributed by atoms with E-state index in [1.165, 1.54) is 135 Å². The maximum Gasteiger partial charge on any atom is -0.00436 e. The molecular weight excluding hydrogens is 302 g/mol. The van der Waals surface area contributed by atoms with Crippen LogP contribution in [-0.4, -0.2) is 13.1 Å². The standard InChI is InChI=1S/C24H49N/c1-3-5-7-9-11-13-15-18-24(20-17-22-25-23-21-24)19-16-14-12-10-8-6-4-2/h25H,3-23H2,1-2H3. The Labute approximate surface area is 160 Å². The van der Waals surface area contributed by atoms with Gasteiger partial charge in [0.1, 0.15) is 0 Å². The van der Waals surface area contributed by atoms with Gasteiger partial charge in [-0.05, 0) is 50.6 Å². The fourth-order valence-electron chi connectivity index (χ4n) is 4.73. The first-order valence-electron chi connectivity index (χ1n) is 12.0. The van der Waals surface area contributed by atoms with Crippen LogP contribution in [0.25, 0.3) is 0 Å². The van der Waals surface area contributed by atoms with E-state index in [0.29, 0.717) is 5.41 Å². The minimum absolute atomic E-state index is 0.691. The average molecular weight is 352 g/mol. The van der Waals surface area contributed by atoms with Crippen molar-refractivity contribution in [3.05, 3.63) is 0 Å². The highest BCUT2D eigenvalue weighted by Gasteiger charge is 2.29. The lowest BCUT2D eigenvalue weighted by atomic mass is 9.72. The van der Waals surface area contributed by atoms with Crippen LogP contribution in [0.4, 0.5) is 0 Å². The Morgan fingerprint density at radius 3 is 1.56 bits per heavy atom. The summed E-state index contributed by atoms with van der Waals surface area (Å²) in [5, 5.41) is 3.65. The Kier molecular flexibility index (Phi) is 14.9. The fourth-order valence-corrected chi connectivity index (χ4v) is 4.73. The van der Waals surface area contributed by atoms with Gasteiger partial charge in [-0.25, -0.2) is 0 Å². The van der Waals surface area contributed by atoms with Crippen molar-refractivity contribution in [3.63, 3.8) is 0 Å². The van der Waals surface area contributed by atoms with Crippen molar-refractivity contribution in [2.24, 2.45) is 5.41 Å². The van der Waals surface area contributed by atoms with Gasteiger partial charge in [-0.1, -0.05) is 104 Å². The molecule has 1 aliphatic rings. The molecule has 25 heavy (non-hydrogen) atoms. The Morgan fingerprint density at radius 1 is 0.560 bits per heavy atom. The Bertz CT molecular complexity index is 245. The minimum Gasteiger partial charge on any atom is -0.317 e. The third kappa shape index (κ3) is 12.1. The molecule has 0 saturated carbocycles. The van der Waals surface area contributed by atoms with E-state index in [1.807, 2.05) is 0 Å². The molecule has 1 nitrogen and oxygen atoms in total. The first-order valence-corrected chi connectivity index (χ1v) is 12.0. The van der Waals surface area contributed by atoms with Gasteiger partial charge in [0.25, 0.3) is 0 Å². The first kappa shape index (κ1) is 23.0. The van der Waals surface area contributed by atoms with Gasteiger partial charge in [-0.3, -0.25) is 0 Å². The lowest BCUT2D eigenvalue weighted by molar-refractivity contribution is 0.194. The van der Waals surface area contributed by atoms with Gasteiger partial charge >= 0.3 is 0 Å². The van der Waals surface area contributed by atoms with Crippen LogP contribution >= 0.6 is 0 Å². The second kappa shape index (κ2) is 16.2. The monoisotopic (exact) mass is 351 g/mol. The summed E-state index contributed by atoms with van der Waals surface area (Å²) in [4.78, 5) is 0. The molecule has 1 aliphatic heterocycles. The second-order valence-corrected chi connectivity index (χ2v) is 8.85. The maximum absolute atomic E-state index is 3.65. The summed E-state index contributed by atoms with van der Waals surface area (Å²) in [5.41, 5.74) is 0.691. The number of rotatable bonds is 16. The van der Waals surface area contributed by atoms with E-state index >= 15 is 0 Å². The second-order valence-electron chi connectivity index (χ2n) is 8.85. The largest absolute Gasteiger partial charge is 0.317 e. The van der Waals surface area contributed by atoms with Crippen molar-refractivity contribution in [2.45, 2.75) is 136 Å². The quantitative estimate of drug-likeness (QED) is 0.277. The highest BCUT2D eigenvalue weighted by atomic mass is 14.9. The van der Waals surface area contributed by atoms with Crippen molar-refractivity contribution >= 4 is 0 Å². The Balaban J connectivity index is 2.20. The molecule has 0 aromatic rings. The van der Waals surface area contributed by atoms with E-state index in [2.05, 4.69) is 19.2 Å². The van der Waals surface area contributed by atoms with Crippen LogP contribution in [0.15, 0.2) is 0 Å². The number of hydrogen-bond acceptors (Lipinski definition) is 1. The van der Waals surface area contributed by atoms with Crippen molar-refractivity contribution in [1.29, 1.82) is 0 Å². The summed E-state index contributed by atoms with van der Waals surface area (Å²) < 4.78 is 0. The number of nitrogens with one attached hydrogen (secondary N) is 1. The lowest BCUT2D eigenvalue weighted by Gasteiger charge is -2.33. The Morgan fingerprint density at radius 2 is 1.04 bits per heavy atom. The third-order valence-electron chi connectivity index (χ3n) is 6.51. The molecule has 0 unspecified atom stereocenters. The van der Waals surface area contributed by atoms with Crippen LogP contribution in [0.3, 0.4) is 0 Å². The van der Waals surface area contributed by atoms with Crippen LogP contribution in [0.1, 0.15) is 136 Å². The van der Waals surface area contributed by atoms with Gasteiger partial charge in [-0.15, -0.1) is 0 Å². The minimum atomic E-state index is 0.691.